The van der Waals surface area contributed by atoms with Gasteiger partial charge >= 0.3 is 11.9 Å². The Hall–Kier alpha value is -2.15. The van der Waals surface area contributed by atoms with Gasteiger partial charge in [0, 0.05) is 11.6 Å². The van der Waals surface area contributed by atoms with E-state index in [0.717, 1.165) is 13.2 Å². The molecule has 0 aromatic heterocycles. The first kappa shape index (κ1) is 13.9. The fourth-order valence-corrected chi connectivity index (χ4v) is 1.44. The molecule has 4 N–H and O–H groups in total. The second-order valence-electron chi connectivity index (χ2n) is 3.58. The van der Waals surface area contributed by atoms with Crippen LogP contribution in [0.15, 0.2) is 12.1 Å². The molecule has 0 unspecified atom stereocenters. The van der Waals surface area contributed by atoms with Crippen LogP contribution in [0, 0.1) is 5.82 Å². The average Bonchev–Trinajstić information content (AvgIpc) is 2.30. The van der Waals surface area contributed by atoms with Crippen molar-refractivity contribution in [2.45, 2.75) is 12.5 Å². The lowest BCUT2D eigenvalue weighted by Crippen LogP contribution is -2.17. The number of hydrogen-bond donors (Lipinski definition) is 3. The quantitative estimate of drug-likeness (QED) is 0.688. The summed E-state index contributed by atoms with van der Waals surface area (Å²) >= 11 is 0. The van der Waals surface area contributed by atoms with Gasteiger partial charge in [-0.3, -0.25) is 4.79 Å². The molecule has 98 valence electrons. The maximum Gasteiger partial charge on any atom is 0.339 e. The third-order valence-corrected chi connectivity index (χ3v) is 2.35. The molecule has 0 aliphatic rings. The SMILES string of the molecule is COC(=O)C[C@@H](N)c1cc(F)cc(C(=O)O)c1O. The van der Waals surface area contributed by atoms with Gasteiger partial charge in [-0.25, -0.2) is 9.18 Å². The smallest absolute Gasteiger partial charge is 0.339 e. The molecule has 1 atom stereocenters. The summed E-state index contributed by atoms with van der Waals surface area (Å²) in [6.07, 6.45) is -0.299. The molecule has 18 heavy (non-hydrogen) atoms. The van der Waals surface area contributed by atoms with E-state index in [1.54, 1.807) is 0 Å². The molecule has 7 heteroatoms. The number of nitrogens with two attached hydrogens (primary N) is 1. The fraction of sp³-hybridized carbons (Fsp3) is 0.273. The van der Waals surface area contributed by atoms with Gasteiger partial charge in [0.25, 0.3) is 0 Å². The van der Waals surface area contributed by atoms with Crippen LogP contribution >= 0.6 is 0 Å². The molecule has 0 heterocycles. The molecule has 0 amide bonds. The second kappa shape index (κ2) is 5.46. The third kappa shape index (κ3) is 2.95. The number of ether oxygens (including phenoxy) is 1. The number of carbonyl (C=O) groups excluding carboxylic acids is 1. The fourth-order valence-electron chi connectivity index (χ4n) is 1.44. The van der Waals surface area contributed by atoms with Crippen molar-refractivity contribution < 1.29 is 28.9 Å². The maximum absolute atomic E-state index is 13.2. The minimum absolute atomic E-state index is 0.155. The number of carbonyl (C=O) groups is 2. The molecule has 6 nitrogen and oxygen atoms in total. The summed E-state index contributed by atoms with van der Waals surface area (Å²) in [5.41, 5.74) is 4.83. The molecule has 0 aliphatic heterocycles. The minimum Gasteiger partial charge on any atom is -0.507 e. The van der Waals surface area contributed by atoms with Gasteiger partial charge in [-0.05, 0) is 12.1 Å². The molecule has 0 saturated heterocycles. The van der Waals surface area contributed by atoms with Gasteiger partial charge in [0.1, 0.15) is 17.1 Å². The molecule has 1 rings (SSSR count). The molecular formula is C11H12FNO5. The highest BCUT2D eigenvalue weighted by Crippen LogP contribution is 2.30. The topological polar surface area (TPSA) is 110 Å². The van der Waals surface area contributed by atoms with Crippen LogP contribution < -0.4 is 5.73 Å². The van der Waals surface area contributed by atoms with Crippen molar-refractivity contribution in [2.24, 2.45) is 5.73 Å². The van der Waals surface area contributed by atoms with Crippen LogP contribution in [0.5, 0.6) is 5.75 Å². The maximum atomic E-state index is 13.2. The first-order valence-corrected chi connectivity index (χ1v) is 4.95. The van der Waals surface area contributed by atoms with Crippen molar-refractivity contribution >= 4 is 11.9 Å². The largest absolute Gasteiger partial charge is 0.507 e. The Kier molecular flexibility index (Phi) is 4.22. The van der Waals surface area contributed by atoms with E-state index in [2.05, 4.69) is 4.74 Å². The predicted molar refractivity (Wildman–Crippen MR) is 58.6 cm³/mol. The zero-order valence-corrected chi connectivity index (χ0v) is 9.51. The van der Waals surface area contributed by atoms with Gasteiger partial charge in [-0.2, -0.15) is 0 Å². The van der Waals surface area contributed by atoms with Crippen molar-refractivity contribution in [3.8, 4) is 5.75 Å². The van der Waals surface area contributed by atoms with Crippen LogP contribution in [-0.2, 0) is 9.53 Å². The minimum atomic E-state index is -1.49. The summed E-state index contributed by atoms with van der Waals surface area (Å²) in [5.74, 6) is -3.65. The number of benzene rings is 1. The van der Waals surface area contributed by atoms with Crippen molar-refractivity contribution in [1.82, 2.24) is 0 Å². The van der Waals surface area contributed by atoms with E-state index in [9.17, 15) is 19.1 Å². The highest BCUT2D eigenvalue weighted by Gasteiger charge is 2.21. The first-order chi connectivity index (χ1) is 8.36. The van der Waals surface area contributed by atoms with Crippen molar-refractivity contribution in [1.29, 1.82) is 0 Å². The summed E-state index contributed by atoms with van der Waals surface area (Å²) in [6, 6.07) is 0.507. The summed E-state index contributed by atoms with van der Waals surface area (Å²) in [6.45, 7) is 0. The third-order valence-electron chi connectivity index (χ3n) is 2.35. The highest BCUT2D eigenvalue weighted by atomic mass is 19.1. The van der Waals surface area contributed by atoms with Crippen LogP contribution in [0.25, 0.3) is 0 Å². The zero-order valence-electron chi connectivity index (χ0n) is 9.51. The van der Waals surface area contributed by atoms with E-state index in [1.165, 1.54) is 0 Å². The standard InChI is InChI=1S/C11H12FNO5/c1-18-9(14)4-8(13)6-2-5(12)3-7(10(6)15)11(16)17/h2-3,8,15H,4,13H2,1H3,(H,16,17)/t8-/m1/s1. The van der Waals surface area contributed by atoms with Gasteiger partial charge in [-0.15, -0.1) is 0 Å². The molecule has 0 bridgehead atoms. The summed E-state index contributed by atoms with van der Waals surface area (Å²) in [7, 11) is 1.16. The summed E-state index contributed by atoms with van der Waals surface area (Å²) in [5, 5.41) is 18.4. The Morgan fingerprint density at radius 2 is 2.11 bits per heavy atom. The van der Waals surface area contributed by atoms with Crippen LogP contribution in [0.4, 0.5) is 4.39 Å². The van der Waals surface area contributed by atoms with Crippen molar-refractivity contribution in [3.05, 3.63) is 29.1 Å². The second-order valence-corrected chi connectivity index (χ2v) is 3.58. The van der Waals surface area contributed by atoms with E-state index in [1.807, 2.05) is 0 Å². The number of aromatic hydroxyl groups is 1. The van der Waals surface area contributed by atoms with Crippen LogP contribution in [0.1, 0.15) is 28.4 Å². The lowest BCUT2D eigenvalue weighted by molar-refractivity contribution is -0.141. The molecule has 0 radical (unpaired) electrons. The number of carboxylic acids is 1. The molecule has 1 aromatic rings. The Balaban J connectivity index is 3.16. The Morgan fingerprint density at radius 3 is 2.61 bits per heavy atom. The molecule has 0 fully saturated rings. The van der Waals surface area contributed by atoms with Gasteiger partial charge in [0.2, 0.25) is 0 Å². The normalized spacial score (nSPS) is 11.9. The van der Waals surface area contributed by atoms with E-state index >= 15 is 0 Å². The van der Waals surface area contributed by atoms with E-state index in [-0.39, 0.29) is 12.0 Å². The molecule has 0 saturated carbocycles. The average molecular weight is 257 g/mol. The van der Waals surface area contributed by atoms with Crippen LogP contribution in [0.3, 0.4) is 0 Å². The predicted octanol–water partition coefficient (Wildman–Crippen LogP) is 0.792. The van der Waals surface area contributed by atoms with Gasteiger partial charge in [0.15, 0.2) is 0 Å². The van der Waals surface area contributed by atoms with Gasteiger partial charge in [0.05, 0.1) is 13.5 Å². The Morgan fingerprint density at radius 1 is 1.50 bits per heavy atom. The molecule has 0 aliphatic carbocycles. The van der Waals surface area contributed by atoms with E-state index in [4.69, 9.17) is 10.8 Å². The molecule has 1 aromatic carbocycles. The van der Waals surface area contributed by atoms with Crippen LogP contribution in [0.2, 0.25) is 0 Å². The molecule has 0 spiro atoms. The lowest BCUT2D eigenvalue weighted by Gasteiger charge is -2.14. The van der Waals surface area contributed by atoms with Gasteiger partial charge in [-0.1, -0.05) is 0 Å². The highest BCUT2D eigenvalue weighted by molar-refractivity contribution is 5.91. The number of halogens is 1. The molecular weight excluding hydrogens is 245 g/mol. The zero-order chi connectivity index (χ0) is 13.9. The first-order valence-electron chi connectivity index (χ1n) is 4.95. The number of methoxy groups -OCH3 is 1. The number of aromatic carboxylic acids is 1. The van der Waals surface area contributed by atoms with Gasteiger partial charge < -0.3 is 20.7 Å². The van der Waals surface area contributed by atoms with Crippen molar-refractivity contribution in [3.63, 3.8) is 0 Å². The summed E-state index contributed by atoms with van der Waals surface area (Å²) in [4.78, 5) is 21.8. The van der Waals surface area contributed by atoms with Crippen LogP contribution in [-0.4, -0.2) is 29.3 Å². The van der Waals surface area contributed by atoms with Crippen molar-refractivity contribution in [2.75, 3.05) is 7.11 Å². The Bertz CT molecular complexity index is 489. The number of carboxylic acid groups (broad SMARTS) is 1. The monoisotopic (exact) mass is 257 g/mol. The summed E-state index contributed by atoms with van der Waals surface area (Å²) < 4.78 is 17.6. The number of esters is 1. The lowest BCUT2D eigenvalue weighted by atomic mass is 10.00. The Labute approximate surface area is 102 Å². The van der Waals surface area contributed by atoms with E-state index < -0.39 is 35.1 Å². The van der Waals surface area contributed by atoms with E-state index in [0.29, 0.717) is 6.07 Å². The number of phenols is 1. The number of hydrogen-bond acceptors (Lipinski definition) is 5. The number of rotatable bonds is 4.